The van der Waals surface area contributed by atoms with Gasteiger partial charge in [0.1, 0.15) is 5.75 Å². The van der Waals surface area contributed by atoms with E-state index in [-0.39, 0.29) is 6.10 Å². The molecule has 1 atom stereocenters. The summed E-state index contributed by atoms with van der Waals surface area (Å²) >= 11 is 14.1. The minimum atomic E-state index is -0.256. The molecule has 0 saturated carbocycles. The highest BCUT2D eigenvalue weighted by Gasteiger charge is 2.19. The van der Waals surface area contributed by atoms with Crippen molar-refractivity contribution >= 4 is 35.0 Å². The Kier molecular flexibility index (Phi) is 7.64. The van der Waals surface area contributed by atoms with E-state index in [1.165, 1.54) is 17.3 Å². The molecule has 3 rings (SSSR count). The Bertz CT molecular complexity index is 952. The Balaban J connectivity index is 1.77. The van der Waals surface area contributed by atoms with E-state index >= 15 is 0 Å². The second-order valence-corrected chi connectivity index (χ2v) is 8.24. The topological polar surface area (TPSA) is 39.9 Å². The van der Waals surface area contributed by atoms with Crippen LogP contribution >= 0.6 is 35.0 Å². The van der Waals surface area contributed by atoms with Gasteiger partial charge in [0.05, 0.1) is 0 Å². The van der Waals surface area contributed by atoms with Crippen molar-refractivity contribution in [3.63, 3.8) is 0 Å². The largest absolute Gasteiger partial charge is 0.483 e. The number of hydrogen-bond acceptors (Lipinski definition) is 4. The van der Waals surface area contributed by atoms with Crippen molar-refractivity contribution in [3.05, 3.63) is 82.1 Å². The molecule has 1 aromatic heterocycles. The smallest absolute Gasteiger partial charge is 0.191 e. The first-order chi connectivity index (χ1) is 14.0. The second-order valence-electron chi connectivity index (χ2n) is 6.49. The summed E-state index contributed by atoms with van der Waals surface area (Å²) in [5.41, 5.74) is 2.16. The lowest BCUT2D eigenvalue weighted by atomic mass is 10.2. The van der Waals surface area contributed by atoms with Crippen molar-refractivity contribution in [2.45, 2.75) is 43.8 Å². The van der Waals surface area contributed by atoms with Crippen molar-refractivity contribution in [1.29, 1.82) is 0 Å². The van der Waals surface area contributed by atoms with E-state index < -0.39 is 0 Å². The van der Waals surface area contributed by atoms with E-state index in [2.05, 4.69) is 35.8 Å². The van der Waals surface area contributed by atoms with Gasteiger partial charge in [0.25, 0.3) is 0 Å². The van der Waals surface area contributed by atoms with Crippen LogP contribution in [0.3, 0.4) is 0 Å². The first-order valence-electron chi connectivity index (χ1n) is 9.38. The molecular weight excluding hydrogens is 425 g/mol. The summed E-state index contributed by atoms with van der Waals surface area (Å²) in [7, 11) is 0. The average Bonchev–Trinajstić information content (AvgIpc) is 3.11. The van der Waals surface area contributed by atoms with Crippen molar-refractivity contribution in [1.82, 2.24) is 14.8 Å². The van der Waals surface area contributed by atoms with Gasteiger partial charge in [0.2, 0.25) is 0 Å². The van der Waals surface area contributed by atoms with Gasteiger partial charge in [0.15, 0.2) is 17.1 Å². The molecule has 2 aromatic carbocycles. The van der Waals surface area contributed by atoms with Crippen LogP contribution < -0.4 is 4.74 Å². The number of thioether (sulfide) groups is 1. The molecule has 0 saturated heterocycles. The molecule has 0 spiro atoms. The number of aromatic nitrogens is 3. The predicted molar refractivity (Wildman–Crippen MR) is 121 cm³/mol. The summed E-state index contributed by atoms with van der Waals surface area (Å²) in [5, 5.41) is 10.8. The monoisotopic (exact) mass is 447 g/mol. The van der Waals surface area contributed by atoms with Crippen molar-refractivity contribution < 1.29 is 4.74 Å². The van der Waals surface area contributed by atoms with Gasteiger partial charge in [-0.05, 0) is 48.7 Å². The maximum absolute atomic E-state index is 6.29. The minimum absolute atomic E-state index is 0.256. The minimum Gasteiger partial charge on any atom is -0.483 e. The Morgan fingerprint density at radius 1 is 1.14 bits per heavy atom. The molecule has 4 nitrogen and oxygen atoms in total. The molecule has 0 amide bonds. The van der Waals surface area contributed by atoms with E-state index in [9.17, 15) is 0 Å². The summed E-state index contributed by atoms with van der Waals surface area (Å²) in [4.78, 5) is 0. The first kappa shape index (κ1) is 21.8. The number of hydrogen-bond donors (Lipinski definition) is 0. The fourth-order valence-corrected chi connectivity index (χ4v) is 4.57. The fourth-order valence-electron chi connectivity index (χ4n) is 2.88. The van der Waals surface area contributed by atoms with Gasteiger partial charge in [-0.25, -0.2) is 0 Å². The van der Waals surface area contributed by atoms with Gasteiger partial charge >= 0.3 is 0 Å². The summed E-state index contributed by atoms with van der Waals surface area (Å²) in [6.45, 7) is 8.54. The molecule has 0 bridgehead atoms. The normalized spacial score (nSPS) is 12.0. The van der Waals surface area contributed by atoms with Gasteiger partial charge in [0, 0.05) is 22.3 Å². The van der Waals surface area contributed by atoms with Crippen LogP contribution in [-0.2, 0) is 18.7 Å². The zero-order valence-corrected chi connectivity index (χ0v) is 18.8. The molecule has 0 radical (unpaired) electrons. The zero-order valence-electron chi connectivity index (χ0n) is 16.4. The molecule has 1 unspecified atom stereocenters. The highest BCUT2D eigenvalue weighted by Crippen LogP contribution is 2.32. The second kappa shape index (κ2) is 10.2. The predicted octanol–water partition coefficient (Wildman–Crippen LogP) is 6.77. The number of aryl methyl sites for hydroxylation is 1. The summed E-state index contributed by atoms with van der Waals surface area (Å²) in [5.74, 6) is 2.15. The average molecular weight is 448 g/mol. The molecule has 29 heavy (non-hydrogen) atoms. The van der Waals surface area contributed by atoms with E-state index in [4.69, 9.17) is 27.9 Å². The Labute approximate surface area is 185 Å². The lowest BCUT2D eigenvalue weighted by molar-refractivity contribution is 0.210. The Morgan fingerprint density at radius 3 is 2.45 bits per heavy atom. The van der Waals surface area contributed by atoms with Gasteiger partial charge in [-0.15, -0.1) is 16.8 Å². The quantitative estimate of drug-likeness (QED) is 0.268. The summed E-state index contributed by atoms with van der Waals surface area (Å²) in [6, 6.07) is 13.6. The van der Waals surface area contributed by atoms with Gasteiger partial charge < -0.3 is 4.74 Å². The van der Waals surface area contributed by atoms with Crippen molar-refractivity contribution in [2.24, 2.45) is 0 Å². The third-order valence-electron chi connectivity index (χ3n) is 4.47. The van der Waals surface area contributed by atoms with Crippen LogP contribution in [0.2, 0.25) is 10.0 Å². The molecule has 0 fully saturated rings. The van der Waals surface area contributed by atoms with Crippen LogP contribution in [0.15, 0.2) is 60.3 Å². The summed E-state index contributed by atoms with van der Waals surface area (Å²) in [6.07, 6.45) is 2.56. The number of rotatable bonds is 9. The maximum atomic E-state index is 6.29. The fraction of sp³-hybridized carbons (Fsp3) is 0.273. The highest BCUT2D eigenvalue weighted by atomic mass is 35.5. The van der Waals surface area contributed by atoms with Crippen LogP contribution in [0.25, 0.3) is 0 Å². The lowest BCUT2D eigenvalue weighted by Crippen LogP contribution is -2.12. The molecule has 7 heteroatoms. The Morgan fingerprint density at radius 2 is 1.83 bits per heavy atom. The molecule has 0 aliphatic rings. The van der Waals surface area contributed by atoms with Crippen LogP contribution in [0.4, 0.5) is 0 Å². The molecule has 1 heterocycles. The molecule has 3 aromatic rings. The molecule has 0 aliphatic carbocycles. The number of nitrogens with zero attached hydrogens (tertiary/aromatic N) is 3. The van der Waals surface area contributed by atoms with E-state index in [1.807, 2.05) is 47.9 Å². The number of allylic oxidation sites excluding steroid dienone is 1. The molecular formula is C22H23Cl2N3OS. The maximum Gasteiger partial charge on any atom is 0.191 e. The molecule has 0 N–H and O–H groups in total. The number of benzene rings is 2. The number of halogens is 2. The van der Waals surface area contributed by atoms with Gasteiger partial charge in [-0.1, -0.05) is 66.2 Å². The third kappa shape index (κ3) is 5.35. The van der Waals surface area contributed by atoms with Crippen LogP contribution in [0.1, 0.15) is 36.9 Å². The van der Waals surface area contributed by atoms with Crippen molar-refractivity contribution in [2.75, 3.05) is 0 Å². The van der Waals surface area contributed by atoms with Gasteiger partial charge in [-0.3, -0.25) is 4.57 Å². The number of ether oxygens (including phenoxy) is 1. The van der Waals surface area contributed by atoms with Crippen LogP contribution in [0, 0.1) is 0 Å². The lowest BCUT2D eigenvalue weighted by Gasteiger charge is -2.16. The van der Waals surface area contributed by atoms with Crippen LogP contribution in [0.5, 0.6) is 5.75 Å². The molecule has 0 aliphatic heterocycles. The zero-order chi connectivity index (χ0) is 20.8. The molecule has 152 valence electrons. The first-order valence-corrected chi connectivity index (χ1v) is 11.1. The van der Waals surface area contributed by atoms with Crippen LogP contribution in [-0.4, -0.2) is 14.8 Å². The van der Waals surface area contributed by atoms with E-state index in [0.29, 0.717) is 22.3 Å². The third-order valence-corrected chi connectivity index (χ3v) is 6.17. The van der Waals surface area contributed by atoms with E-state index in [1.54, 1.807) is 0 Å². The van der Waals surface area contributed by atoms with Gasteiger partial charge in [-0.2, -0.15) is 0 Å². The SMILES string of the molecule is C=CCn1c(SCc2c(Cl)cccc2Cl)nnc1C(C)Oc1ccc(CC)cc1. The highest BCUT2D eigenvalue weighted by molar-refractivity contribution is 7.98. The standard InChI is InChI=1S/C22H23Cl2N3OS/c1-4-13-27-21(15(3)28-17-11-9-16(5-2)10-12-17)25-26-22(27)29-14-18-19(23)7-6-8-20(18)24/h4,6-12,15H,1,5,13-14H2,2-3H3. The van der Waals surface area contributed by atoms with E-state index in [0.717, 1.165) is 28.7 Å². The summed E-state index contributed by atoms with van der Waals surface area (Å²) < 4.78 is 8.10. The Hall–Kier alpha value is -1.95. The van der Waals surface area contributed by atoms with Crippen molar-refractivity contribution in [3.8, 4) is 5.75 Å².